The van der Waals surface area contributed by atoms with E-state index in [0.29, 0.717) is 5.92 Å². The van der Waals surface area contributed by atoms with E-state index < -0.39 is 0 Å². The molecule has 1 heteroatoms. The van der Waals surface area contributed by atoms with E-state index in [1.807, 2.05) is 13.8 Å². The van der Waals surface area contributed by atoms with Gasteiger partial charge in [-0.2, -0.15) is 0 Å². The molecule has 0 fully saturated rings. The molecule has 1 aliphatic heterocycles. The second-order valence-electron chi connectivity index (χ2n) is 5.88. The minimum absolute atomic E-state index is 0.261. The van der Waals surface area contributed by atoms with Crippen LogP contribution in [0.4, 0.5) is 0 Å². The van der Waals surface area contributed by atoms with Crippen LogP contribution in [0.15, 0.2) is 18.2 Å². The number of fused-ring (bicyclic) bond motifs is 1. The lowest BCUT2D eigenvalue weighted by Gasteiger charge is -2.26. The Morgan fingerprint density at radius 3 is 2.44 bits per heavy atom. The van der Waals surface area contributed by atoms with Gasteiger partial charge in [0, 0.05) is 12.0 Å². The Bertz CT molecular complexity index is 377. The Morgan fingerprint density at radius 2 is 1.83 bits per heavy atom. The van der Waals surface area contributed by atoms with Crippen molar-refractivity contribution in [3.63, 3.8) is 0 Å². The summed E-state index contributed by atoms with van der Waals surface area (Å²) in [6, 6.07) is 7.05. The zero-order valence-electron chi connectivity index (χ0n) is 12.9. The minimum atomic E-state index is 0.261. The van der Waals surface area contributed by atoms with Crippen molar-refractivity contribution in [1.82, 2.24) is 5.32 Å². The number of hydrogen-bond donors (Lipinski definition) is 1. The molecular weight excluding hydrogens is 218 g/mol. The minimum Gasteiger partial charge on any atom is -0.316 e. The first kappa shape index (κ1) is 15.2. The lowest BCUT2D eigenvalue weighted by atomic mass is 9.80. The van der Waals surface area contributed by atoms with Crippen LogP contribution in [-0.2, 0) is 11.8 Å². The molecule has 0 aromatic heterocycles. The highest BCUT2D eigenvalue weighted by molar-refractivity contribution is 5.39. The zero-order valence-corrected chi connectivity index (χ0v) is 12.9. The van der Waals surface area contributed by atoms with Crippen molar-refractivity contribution in [2.75, 3.05) is 13.1 Å². The van der Waals surface area contributed by atoms with Gasteiger partial charge in [-0.1, -0.05) is 59.7 Å². The highest BCUT2D eigenvalue weighted by Crippen LogP contribution is 2.30. The van der Waals surface area contributed by atoms with Gasteiger partial charge in [-0.05, 0) is 35.6 Å². The van der Waals surface area contributed by atoms with Crippen LogP contribution >= 0.6 is 0 Å². The van der Waals surface area contributed by atoms with E-state index in [0.717, 1.165) is 19.5 Å². The maximum absolute atomic E-state index is 3.53. The Hall–Kier alpha value is -0.820. The molecule has 0 radical (unpaired) electrons. The maximum atomic E-state index is 3.53. The Balaban J connectivity index is 0.000000771. The average Bonchev–Trinajstić information content (AvgIpc) is 2.50. The van der Waals surface area contributed by atoms with E-state index in [1.165, 1.54) is 11.1 Å². The molecule has 0 bridgehead atoms. The standard InChI is InChI=1S/C15H23N.C2H6/c1-11(2)13-6-5-12-7-8-16-10-15(3,4)14(12)9-13;1-2/h5-6,9,11,16H,7-8,10H2,1-4H3;1-2H3. The van der Waals surface area contributed by atoms with Crippen LogP contribution in [0.1, 0.15) is 64.2 Å². The monoisotopic (exact) mass is 247 g/mol. The first-order valence-electron chi connectivity index (χ1n) is 7.35. The summed E-state index contributed by atoms with van der Waals surface area (Å²) in [4.78, 5) is 0. The van der Waals surface area contributed by atoms with Crippen LogP contribution in [-0.4, -0.2) is 13.1 Å². The van der Waals surface area contributed by atoms with Gasteiger partial charge in [-0.25, -0.2) is 0 Å². The molecule has 0 saturated carbocycles. The maximum Gasteiger partial charge on any atom is 0.00434 e. The van der Waals surface area contributed by atoms with Crippen LogP contribution in [0.25, 0.3) is 0 Å². The lowest BCUT2D eigenvalue weighted by molar-refractivity contribution is 0.488. The summed E-state index contributed by atoms with van der Waals surface area (Å²) < 4.78 is 0. The molecule has 2 rings (SSSR count). The SMILES string of the molecule is CC.CC(C)c1ccc2c(c1)C(C)(C)CNCC2. The van der Waals surface area contributed by atoms with Gasteiger partial charge < -0.3 is 5.32 Å². The first-order valence-corrected chi connectivity index (χ1v) is 7.35. The Kier molecular flexibility index (Phi) is 5.40. The molecule has 0 atom stereocenters. The van der Waals surface area contributed by atoms with Crippen molar-refractivity contribution in [3.05, 3.63) is 34.9 Å². The van der Waals surface area contributed by atoms with Gasteiger partial charge in [0.15, 0.2) is 0 Å². The van der Waals surface area contributed by atoms with E-state index in [-0.39, 0.29) is 5.41 Å². The van der Waals surface area contributed by atoms with Gasteiger partial charge in [0.05, 0.1) is 0 Å². The fourth-order valence-corrected chi connectivity index (χ4v) is 2.52. The highest BCUT2D eigenvalue weighted by atomic mass is 14.9. The summed E-state index contributed by atoms with van der Waals surface area (Å²) in [7, 11) is 0. The summed E-state index contributed by atoms with van der Waals surface area (Å²) >= 11 is 0. The van der Waals surface area contributed by atoms with Crippen LogP contribution in [0, 0.1) is 0 Å². The largest absolute Gasteiger partial charge is 0.316 e. The zero-order chi connectivity index (χ0) is 13.8. The number of hydrogen-bond acceptors (Lipinski definition) is 1. The summed E-state index contributed by atoms with van der Waals surface area (Å²) in [5.74, 6) is 0.623. The molecule has 1 N–H and O–H groups in total. The molecule has 0 unspecified atom stereocenters. The van der Waals surface area contributed by atoms with E-state index >= 15 is 0 Å². The Labute approximate surface area is 113 Å². The van der Waals surface area contributed by atoms with Crippen molar-refractivity contribution >= 4 is 0 Å². The van der Waals surface area contributed by atoms with Crippen LogP contribution in [0.5, 0.6) is 0 Å². The predicted octanol–water partition coefficient (Wildman–Crippen LogP) is 4.26. The summed E-state index contributed by atoms with van der Waals surface area (Å²) in [5, 5.41) is 3.53. The molecule has 0 saturated heterocycles. The third-order valence-corrected chi connectivity index (χ3v) is 3.67. The normalized spacial score (nSPS) is 17.5. The predicted molar refractivity (Wildman–Crippen MR) is 81.5 cm³/mol. The molecule has 0 spiro atoms. The van der Waals surface area contributed by atoms with E-state index in [2.05, 4.69) is 51.2 Å². The van der Waals surface area contributed by atoms with Crippen LogP contribution in [0.3, 0.4) is 0 Å². The molecule has 1 aromatic rings. The van der Waals surface area contributed by atoms with E-state index in [1.54, 1.807) is 5.56 Å². The summed E-state index contributed by atoms with van der Waals surface area (Å²) in [6.45, 7) is 15.4. The molecule has 0 aliphatic carbocycles. The number of benzene rings is 1. The second kappa shape index (κ2) is 6.38. The molecule has 1 aromatic carbocycles. The van der Waals surface area contributed by atoms with E-state index in [4.69, 9.17) is 0 Å². The second-order valence-corrected chi connectivity index (χ2v) is 5.88. The van der Waals surface area contributed by atoms with Gasteiger partial charge in [0.25, 0.3) is 0 Å². The molecule has 0 amide bonds. The van der Waals surface area contributed by atoms with Gasteiger partial charge in [0.2, 0.25) is 0 Å². The van der Waals surface area contributed by atoms with Crippen molar-refractivity contribution in [2.24, 2.45) is 0 Å². The van der Waals surface area contributed by atoms with Crippen molar-refractivity contribution < 1.29 is 0 Å². The molecule has 1 heterocycles. The van der Waals surface area contributed by atoms with E-state index in [9.17, 15) is 0 Å². The number of nitrogens with one attached hydrogen (secondary N) is 1. The van der Waals surface area contributed by atoms with Gasteiger partial charge in [-0.15, -0.1) is 0 Å². The van der Waals surface area contributed by atoms with Gasteiger partial charge in [0.1, 0.15) is 0 Å². The average molecular weight is 247 g/mol. The highest BCUT2D eigenvalue weighted by Gasteiger charge is 2.25. The summed E-state index contributed by atoms with van der Waals surface area (Å²) in [5.41, 5.74) is 4.80. The first-order chi connectivity index (χ1) is 8.50. The fraction of sp³-hybridized carbons (Fsp3) is 0.647. The van der Waals surface area contributed by atoms with Crippen LogP contribution < -0.4 is 5.32 Å². The van der Waals surface area contributed by atoms with Gasteiger partial charge >= 0.3 is 0 Å². The molecule has 1 aliphatic rings. The van der Waals surface area contributed by atoms with Crippen molar-refractivity contribution in [2.45, 2.75) is 59.3 Å². The summed E-state index contributed by atoms with van der Waals surface area (Å²) in [6.07, 6.45) is 1.16. The third-order valence-electron chi connectivity index (χ3n) is 3.67. The molecular formula is C17H29N. The van der Waals surface area contributed by atoms with Gasteiger partial charge in [-0.3, -0.25) is 0 Å². The molecule has 1 nitrogen and oxygen atoms in total. The third kappa shape index (κ3) is 3.35. The quantitative estimate of drug-likeness (QED) is 0.782. The van der Waals surface area contributed by atoms with Crippen LogP contribution in [0.2, 0.25) is 0 Å². The van der Waals surface area contributed by atoms with Crippen molar-refractivity contribution in [3.8, 4) is 0 Å². The number of rotatable bonds is 1. The fourth-order valence-electron chi connectivity index (χ4n) is 2.52. The topological polar surface area (TPSA) is 12.0 Å². The smallest absolute Gasteiger partial charge is 0.00434 e. The Morgan fingerprint density at radius 1 is 1.17 bits per heavy atom. The van der Waals surface area contributed by atoms with Crippen molar-refractivity contribution in [1.29, 1.82) is 0 Å². The molecule has 18 heavy (non-hydrogen) atoms. The molecule has 102 valence electrons. The lowest BCUT2D eigenvalue weighted by Crippen LogP contribution is -2.31.